The van der Waals surface area contributed by atoms with Gasteiger partial charge in [0.2, 0.25) is 0 Å². The molecule has 1 rings (SSSR count). The van der Waals surface area contributed by atoms with Crippen LogP contribution in [0.3, 0.4) is 0 Å². The lowest BCUT2D eigenvalue weighted by atomic mass is 10.2. The van der Waals surface area contributed by atoms with Gasteiger partial charge in [-0.15, -0.1) is 0 Å². The van der Waals surface area contributed by atoms with Crippen molar-refractivity contribution < 1.29 is 4.74 Å². The summed E-state index contributed by atoms with van der Waals surface area (Å²) in [5.74, 6) is 0. The molecule has 0 spiro atoms. The third-order valence-electron chi connectivity index (χ3n) is 1.96. The van der Waals surface area contributed by atoms with E-state index in [1.807, 2.05) is 12.1 Å². The molecule has 1 aromatic rings. The fourth-order valence-electron chi connectivity index (χ4n) is 1.25. The summed E-state index contributed by atoms with van der Waals surface area (Å²) in [5.41, 5.74) is 1.28. The predicted molar refractivity (Wildman–Crippen MR) is 62.3 cm³/mol. The average Bonchev–Trinajstić information content (AvgIpc) is 2.15. The Kier molecular flexibility index (Phi) is 5.15. The maximum atomic E-state index is 5.04. The first-order valence-corrected chi connectivity index (χ1v) is 5.48. The van der Waals surface area contributed by atoms with Crippen molar-refractivity contribution in [3.63, 3.8) is 0 Å². The lowest BCUT2D eigenvalue weighted by Crippen LogP contribution is -2.29. The maximum absolute atomic E-state index is 5.04. The van der Waals surface area contributed by atoms with E-state index in [0.717, 1.165) is 17.6 Å². The van der Waals surface area contributed by atoms with Gasteiger partial charge in [-0.3, -0.25) is 0 Å². The SMILES string of the molecule is COC[C@@H](C)NCc1cccc(Br)c1. The molecular formula is C11H16BrNO. The van der Waals surface area contributed by atoms with Crippen molar-refractivity contribution >= 4 is 15.9 Å². The first-order chi connectivity index (χ1) is 6.72. The van der Waals surface area contributed by atoms with Gasteiger partial charge >= 0.3 is 0 Å². The van der Waals surface area contributed by atoms with Crippen LogP contribution in [0.25, 0.3) is 0 Å². The topological polar surface area (TPSA) is 21.3 Å². The minimum Gasteiger partial charge on any atom is -0.383 e. The van der Waals surface area contributed by atoms with Gasteiger partial charge in [0.05, 0.1) is 6.61 Å². The number of benzene rings is 1. The van der Waals surface area contributed by atoms with Crippen LogP contribution in [0, 0.1) is 0 Å². The van der Waals surface area contributed by atoms with Gasteiger partial charge in [-0.1, -0.05) is 28.1 Å². The second kappa shape index (κ2) is 6.17. The third-order valence-corrected chi connectivity index (χ3v) is 2.45. The zero-order valence-electron chi connectivity index (χ0n) is 8.59. The number of nitrogens with one attached hydrogen (secondary N) is 1. The highest BCUT2D eigenvalue weighted by Gasteiger charge is 2.00. The molecule has 0 saturated carbocycles. The summed E-state index contributed by atoms with van der Waals surface area (Å²) < 4.78 is 6.17. The molecule has 0 aromatic heterocycles. The summed E-state index contributed by atoms with van der Waals surface area (Å²) in [5, 5.41) is 3.38. The number of halogens is 1. The number of rotatable bonds is 5. The molecule has 78 valence electrons. The molecule has 0 saturated heterocycles. The third kappa shape index (κ3) is 4.22. The molecule has 0 aliphatic carbocycles. The van der Waals surface area contributed by atoms with Crippen LogP contribution in [0.15, 0.2) is 28.7 Å². The van der Waals surface area contributed by atoms with Crippen molar-refractivity contribution in [2.24, 2.45) is 0 Å². The number of hydrogen-bond donors (Lipinski definition) is 1. The molecule has 0 aliphatic heterocycles. The summed E-state index contributed by atoms with van der Waals surface area (Å²) in [6, 6.07) is 8.69. The standard InChI is InChI=1S/C11H16BrNO/c1-9(8-14-2)13-7-10-4-3-5-11(12)6-10/h3-6,9,13H,7-8H2,1-2H3/t9-/m1/s1. The monoisotopic (exact) mass is 257 g/mol. The molecular weight excluding hydrogens is 242 g/mol. The van der Waals surface area contributed by atoms with Crippen LogP contribution < -0.4 is 5.32 Å². The Balaban J connectivity index is 2.37. The second-order valence-electron chi connectivity index (χ2n) is 3.37. The van der Waals surface area contributed by atoms with E-state index >= 15 is 0 Å². The van der Waals surface area contributed by atoms with Crippen molar-refractivity contribution in [2.75, 3.05) is 13.7 Å². The van der Waals surface area contributed by atoms with Gasteiger partial charge in [-0.25, -0.2) is 0 Å². The van der Waals surface area contributed by atoms with Crippen LogP contribution in [0.1, 0.15) is 12.5 Å². The molecule has 14 heavy (non-hydrogen) atoms. The van der Waals surface area contributed by atoms with Crippen molar-refractivity contribution in [1.82, 2.24) is 5.32 Å². The number of hydrogen-bond acceptors (Lipinski definition) is 2. The van der Waals surface area contributed by atoms with Crippen LogP contribution >= 0.6 is 15.9 Å². The fourth-order valence-corrected chi connectivity index (χ4v) is 1.69. The Hall–Kier alpha value is -0.380. The largest absolute Gasteiger partial charge is 0.383 e. The van der Waals surface area contributed by atoms with E-state index in [1.54, 1.807) is 7.11 Å². The van der Waals surface area contributed by atoms with Crippen LogP contribution in [0.5, 0.6) is 0 Å². The predicted octanol–water partition coefficient (Wildman–Crippen LogP) is 2.57. The van der Waals surface area contributed by atoms with Crippen LogP contribution in [0.2, 0.25) is 0 Å². The molecule has 2 nitrogen and oxygen atoms in total. The average molecular weight is 258 g/mol. The van der Waals surface area contributed by atoms with E-state index in [4.69, 9.17) is 4.74 Å². The molecule has 0 bridgehead atoms. The minimum absolute atomic E-state index is 0.388. The highest BCUT2D eigenvalue weighted by atomic mass is 79.9. The van der Waals surface area contributed by atoms with E-state index in [2.05, 4.69) is 40.3 Å². The van der Waals surface area contributed by atoms with E-state index < -0.39 is 0 Å². The number of ether oxygens (including phenoxy) is 1. The summed E-state index contributed by atoms with van der Waals surface area (Å²) in [6.45, 7) is 3.74. The molecule has 1 aromatic carbocycles. The van der Waals surface area contributed by atoms with Gasteiger partial charge in [0, 0.05) is 24.2 Å². The molecule has 0 unspecified atom stereocenters. The maximum Gasteiger partial charge on any atom is 0.0613 e. The normalized spacial score (nSPS) is 12.8. The lowest BCUT2D eigenvalue weighted by molar-refractivity contribution is 0.171. The Bertz CT molecular complexity index is 278. The molecule has 0 radical (unpaired) electrons. The van der Waals surface area contributed by atoms with Crippen molar-refractivity contribution in [2.45, 2.75) is 19.5 Å². The van der Waals surface area contributed by atoms with Crippen LogP contribution in [-0.4, -0.2) is 19.8 Å². The molecule has 0 aliphatic rings. The first-order valence-electron chi connectivity index (χ1n) is 4.69. The van der Waals surface area contributed by atoms with E-state index in [0.29, 0.717) is 6.04 Å². The zero-order valence-corrected chi connectivity index (χ0v) is 10.2. The van der Waals surface area contributed by atoms with E-state index in [9.17, 15) is 0 Å². The highest BCUT2D eigenvalue weighted by Crippen LogP contribution is 2.11. The summed E-state index contributed by atoms with van der Waals surface area (Å²) in [7, 11) is 1.72. The lowest BCUT2D eigenvalue weighted by Gasteiger charge is -2.12. The molecule has 1 N–H and O–H groups in total. The minimum atomic E-state index is 0.388. The number of methoxy groups -OCH3 is 1. The Labute approximate surface area is 93.8 Å². The quantitative estimate of drug-likeness (QED) is 0.876. The highest BCUT2D eigenvalue weighted by molar-refractivity contribution is 9.10. The smallest absolute Gasteiger partial charge is 0.0613 e. The van der Waals surface area contributed by atoms with Crippen LogP contribution in [-0.2, 0) is 11.3 Å². The molecule has 0 heterocycles. The summed E-state index contributed by atoms with van der Waals surface area (Å²) in [4.78, 5) is 0. The van der Waals surface area contributed by atoms with E-state index in [-0.39, 0.29) is 0 Å². The Morgan fingerprint density at radius 2 is 2.29 bits per heavy atom. The van der Waals surface area contributed by atoms with Gasteiger partial charge in [0.15, 0.2) is 0 Å². The van der Waals surface area contributed by atoms with Gasteiger partial charge in [-0.05, 0) is 24.6 Å². The molecule has 3 heteroatoms. The van der Waals surface area contributed by atoms with Gasteiger partial charge in [0.1, 0.15) is 0 Å². The summed E-state index contributed by atoms with van der Waals surface area (Å²) >= 11 is 3.45. The van der Waals surface area contributed by atoms with Crippen molar-refractivity contribution in [3.05, 3.63) is 34.3 Å². The molecule has 0 fully saturated rings. The first kappa shape index (κ1) is 11.7. The second-order valence-corrected chi connectivity index (χ2v) is 4.28. The fraction of sp³-hybridized carbons (Fsp3) is 0.455. The van der Waals surface area contributed by atoms with Crippen molar-refractivity contribution in [3.8, 4) is 0 Å². The van der Waals surface area contributed by atoms with E-state index in [1.165, 1.54) is 5.56 Å². The molecule has 0 amide bonds. The van der Waals surface area contributed by atoms with Crippen LogP contribution in [0.4, 0.5) is 0 Å². The molecule has 1 atom stereocenters. The zero-order chi connectivity index (χ0) is 10.4. The Morgan fingerprint density at radius 3 is 2.93 bits per heavy atom. The van der Waals surface area contributed by atoms with Gasteiger partial charge in [0.25, 0.3) is 0 Å². The van der Waals surface area contributed by atoms with Gasteiger partial charge < -0.3 is 10.1 Å². The van der Waals surface area contributed by atoms with Crippen molar-refractivity contribution in [1.29, 1.82) is 0 Å². The summed E-state index contributed by atoms with van der Waals surface area (Å²) in [6.07, 6.45) is 0. The Morgan fingerprint density at radius 1 is 1.50 bits per heavy atom. The van der Waals surface area contributed by atoms with Gasteiger partial charge in [-0.2, -0.15) is 0 Å².